The summed E-state index contributed by atoms with van der Waals surface area (Å²) in [5.41, 5.74) is 3.39. The first kappa shape index (κ1) is 14.8. The van der Waals surface area contributed by atoms with Crippen molar-refractivity contribution in [1.29, 1.82) is 0 Å². The van der Waals surface area contributed by atoms with Gasteiger partial charge in [-0.15, -0.1) is 0 Å². The van der Waals surface area contributed by atoms with Crippen LogP contribution in [0.15, 0.2) is 58.6 Å². The Bertz CT molecular complexity index is 1010. The number of ether oxygens (including phenoxy) is 1. The SMILES string of the molecule is COc1cccc(-c2nc3occn3c2-c2ccnc(SC)n2)c1. The van der Waals surface area contributed by atoms with Gasteiger partial charge < -0.3 is 9.15 Å². The van der Waals surface area contributed by atoms with E-state index < -0.39 is 0 Å². The highest BCUT2D eigenvalue weighted by Gasteiger charge is 2.19. The zero-order valence-electron chi connectivity index (χ0n) is 13.1. The number of imidazole rings is 1. The Balaban J connectivity index is 1.97. The van der Waals surface area contributed by atoms with Gasteiger partial charge in [0.15, 0.2) is 5.16 Å². The van der Waals surface area contributed by atoms with Gasteiger partial charge in [0.25, 0.3) is 0 Å². The summed E-state index contributed by atoms with van der Waals surface area (Å²) < 4.78 is 12.7. The Labute approximate surface area is 142 Å². The molecule has 0 radical (unpaired) electrons. The molecule has 3 aromatic heterocycles. The van der Waals surface area contributed by atoms with Gasteiger partial charge in [-0.2, -0.15) is 4.98 Å². The van der Waals surface area contributed by atoms with Crippen LogP contribution in [0.4, 0.5) is 0 Å². The lowest BCUT2D eigenvalue weighted by Gasteiger charge is -2.06. The molecule has 0 amide bonds. The first-order chi connectivity index (χ1) is 11.8. The minimum absolute atomic E-state index is 0.520. The summed E-state index contributed by atoms with van der Waals surface area (Å²) in [7, 11) is 1.65. The molecule has 0 spiro atoms. The van der Waals surface area contributed by atoms with Crippen LogP contribution in [0.5, 0.6) is 5.75 Å². The van der Waals surface area contributed by atoms with E-state index in [1.165, 1.54) is 11.8 Å². The molecule has 0 aliphatic heterocycles. The van der Waals surface area contributed by atoms with Crippen molar-refractivity contribution in [2.24, 2.45) is 0 Å². The Kier molecular flexibility index (Phi) is 3.70. The van der Waals surface area contributed by atoms with E-state index in [0.29, 0.717) is 11.0 Å². The molecule has 1 aromatic carbocycles. The van der Waals surface area contributed by atoms with Crippen LogP contribution in [0.3, 0.4) is 0 Å². The number of oxazole rings is 1. The Morgan fingerprint density at radius 1 is 1.21 bits per heavy atom. The minimum atomic E-state index is 0.520. The van der Waals surface area contributed by atoms with Crippen LogP contribution in [-0.2, 0) is 0 Å². The van der Waals surface area contributed by atoms with Crippen molar-refractivity contribution in [2.75, 3.05) is 13.4 Å². The maximum Gasteiger partial charge on any atom is 0.306 e. The molecule has 0 saturated carbocycles. The zero-order valence-corrected chi connectivity index (χ0v) is 13.9. The van der Waals surface area contributed by atoms with Crippen molar-refractivity contribution >= 4 is 17.6 Å². The Morgan fingerprint density at radius 3 is 2.96 bits per heavy atom. The minimum Gasteiger partial charge on any atom is -0.497 e. The van der Waals surface area contributed by atoms with Gasteiger partial charge in [-0.1, -0.05) is 23.9 Å². The van der Waals surface area contributed by atoms with Crippen molar-refractivity contribution in [3.8, 4) is 28.4 Å². The molecule has 120 valence electrons. The highest BCUT2D eigenvalue weighted by Crippen LogP contribution is 2.33. The largest absolute Gasteiger partial charge is 0.497 e. The molecule has 4 rings (SSSR count). The van der Waals surface area contributed by atoms with Crippen LogP contribution in [0.25, 0.3) is 28.5 Å². The number of hydrogen-bond donors (Lipinski definition) is 0. The molecule has 3 heterocycles. The van der Waals surface area contributed by atoms with Gasteiger partial charge in [-0.05, 0) is 24.5 Å². The number of aromatic nitrogens is 4. The lowest BCUT2D eigenvalue weighted by atomic mass is 10.1. The topological polar surface area (TPSA) is 65.5 Å². The number of methoxy groups -OCH3 is 1. The average molecular weight is 338 g/mol. The van der Waals surface area contributed by atoms with Gasteiger partial charge in [0.05, 0.1) is 12.8 Å². The van der Waals surface area contributed by atoms with Crippen molar-refractivity contribution in [3.05, 3.63) is 49.0 Å². The molecule has 24 heavy (non-hydrogen) atoms. The summed E-state index contributed by atoms with van der Waals surface area (Å²) >= 11 is 1.50. The van der Waals surface area contributed by atoms with Gasteiger partial charge in [0.2, 0.25) is 0 Å². The summed E-state index contributed by atoms with van der Waals surface area (Å²) in [6.45, 7) is 0. The first-order valence-electron chi connectivity index (χ1n) is 7.27. The van der Waals surface area contributed by atoms with E-state index in [1.54, 1.807) is 19.6 Å². The smallest absolute Gasteiger partial charge is 0.306 e. The molecule has 0 saturated heterocycles. The molecule has 0 N–H and O–H groups in total. The van der Waals surface area contributed by atoms with E-state index in [1.807, 2.05) is 47.2 Å². The number of fused-ring (bicyclic) bond motifs is 1. The molecule has 0 aliphatic carbocycles. The number of thioether (sulfide) groups is 1. The van der Waals surface area contributed by atoms with Crippen molar-refractivity contribution < 1.29 is 9.15 Å². The molecular formula is C17H14N4O2S. The van der Waals surface area contributed by atoms with Crippen molar-refractivity contribution in [1.82, 2.24) is 19.4 Å². The number of rotatable bonds is 4. The van der Waals surface area contributed by atoms with E-state index in [0.717, 1.165) is 28.4 Å². The van der Waals surface area contributed by atoms with E-state index in [4.69, 9.17) is 9.15 Å². The predicted octanol–water partition coefficient (Wildman–Crippen LogP) is 3.78. The molecule has 0 atom stereocenters. The predicted molar refractivity (Wildman–Crippen MR) is 92.3 cm³/mol. The lowest BCUT2D eigenvalue weighted by molar-refractivity contribution is 0.415. The monoisotopic (exact) mass is 338 g/mol. The van der Waals surface area contributed by atoms with Crippen LogP contribution >= 0.6 is 11.8 Å². The third kappa shape index (κ3) is 2.43. The van der Waals surface area contributed by atoms with E-state index >= 15 is 0 Å². The summed E-state index contributed by atoms with van der Waals surface area (Å²) in [5.74, 6) is 1.29. The quantitative estimate of drug-likeness (QED) is 0.417. The van der Waals surface area contributed by atoms with Gasteiger partial charge in [-0.25, -0.2) is 9.97 Å². The lowest BCUT2D eigenvalue weighted by Crippen LogP contribution is -1.94. The maximum atomic E-state index is 5.47. The molecule has 6 nitrogen and oxygen atoms in total. The van der Waals surface area contributed by atoms with E-state index in [-0.39, 0.29) is 0 Å². The molecule has 4 aromatic rings. The summed E-state index contributed by atoms with van der Waals surface area (Å²) in [6.07, 6.45) is 7.15. The fourth-order valence-corrected chi connectivity index (χ4v) is 2.93. The fourth-order valence-electron chi connectivity index (χ4n) is 2.57. The van der Waals surface area contributed by atoms with Crippen LogP contribution in [0.1, 0.15) is 0 Å². The third-order valence-electron chi connectivity index (χ3n) is 3.66. The fraction of sp³-hybridized carbons (Fsp3) is 0.118. The van der Waals surface area contributed by atoms with Gasteiger partial charge >= 0.3 is 5.84 Å². The second-order valence-electron chi connectivity index (χ2n) is 5.03. The van der Waals surface area contributed by atoms with Gasteiger partial charge in [0, 0.05) is 18.0 Å². The Morgan fingerprint density at radius 2 is 2.12 bits per heavy atom. The number of nitrogens with zero attached hydrogens (tertiary/aromatic N) is 4. The summed E-state index contributed by atoms with van der Waals surface area (Å²) in [4.78, 5) is 13.5. The number of hydrogen-bond acceptors (Lipinski definition) is 6. The summed E-state index contributed by atoms with van der Waals surface area (Å²) in [5, 5.41) is 0.711. The molecule has 0 unspecified atom stereocenters. The van der Waals surface area contributed by atoms with Gasteiger partial charge in [0.1, 0.15) is 23.4 Å². The van der Waals surface area contributed by atoms with Crippen molar-refractivity contribution in [3.63, 3.8) is 0 Å². The molecule has 0 aliphatic rings. The highest BCUT2D eigenvalue weighted by molar-refractivity contribution is 7.98. The van der Waals surface area contributed by atoms with Crippen molar-refractivity contribution in [2.45, 2.75) is 5.16 Å². The summed E-state index contributed by atoms with van der Waals surface area (Å²) in [6, 6.07) is 9.65. The van der Waals surface area contributed by atoms with Gasteiger partial charge in [-0.3, -0.25) is 4.40 Å². The highest BCUT2D eigenvalue weighted by atomic mass is 32.2. The van der Waals surface area contributed by atoms with Crippen LogP contribution in [0.2, 0.25) is 0 Å². The second-order valence-corrected chi connectivity index (χ2v) is 5.80. The Hall–Kier alpha value is -2.80. The first-order valence-corrected chi connectivity index (χ1v) is 8.50. The van der Waals surface area contributed by atoms with Crippen LogP contribution in [-0.4, -0.2) is 32.7 Å². The molecule has 7 heteroatoms. The number of benzene rings is 1. The molecular weight excluding hydrogens is 324 g/mol. The van der Waals surface area contributed by atoms with E-state index in [9.17, 15) is 0 Å². The van der Waals surface area contributed by atoms with Crippen LogP contribution < -0.4 is 4.74 Å². The third-order valence-corrected chi connectivity index (χ3v) is 4.23. The maximum absolute atomic E-state index is 5.47. The molecule has 0 bridgehead atoms. The average Bonchev–Trinajstić information content (AvgIpc) is 3.22. The molecule has 0 fully saturated rings. The van der Waals surface area contributed by atoms with Crippen LogP contribution in [0, 0.1) is 0 Å². The second kappa shape index (κ2) is 6.01. The van der Waals surface area contributed by atoms with E-state index in [2.05, 4.69) is 15.0 Å². The standard InChI is InChI=1S/C17H14N4O2S/c1-22-12-5-3-4-11(10-12)14-15(21-8-9-23-17(21)20-14)13-6-7-18-16(19-13)24-2/h3-10H,1-2H3. The normalized spacial score (nSPS) is 11.1. The zero-order chi connectivity index (χ0) is 16.5.